The van der Waals surface area contributed by atoms with Gasteiger partial charge in [-0.3, -0.25) is 19.8 Å². The number of allylic oxidation sites excluding steroid dienone is 3. The normalized spacial score (nSPS) is 15.2. The molecule has 4 rings (SSSR count). The monoisotopic (exact) mass is 523 g/mol. The first kappa shape index (κ1) is 27.3. The number of nitrogens with zero attached hydrogens (tertiary/aromatic N) is 4. The minimum absolute atomic E-state index is 0.0491. The van der Waals surface area contributed by atoms with Crippen molar-refractivity contribution in [2.75, 3.05) is 0 Å². The molecule has 0 aliphatic carbocycles. The van der Waals surface area contributed by atoms with E-state index in [-0.39, 0.29) is 17.2 Å². The molecule has 2 unspecified atom stereocenters. The zero-order valence-corrected chi connectivity index (χ0v) is 22.0. The van der Waals surface area contributed by atoms with E-state index >= 15 is 4.39 Å². The molecule has 7 nitrogen and oxygen atoms in total. The second kappa shape index (κ2) is 11.4. The summed E-state index contributed by atoms with van der Waals surface area (Å²) in [5, 5.41) is 10.4. The van der Waals surface area contributed by atoms with Crippen molar-refractivity contribution in [2.45, 2.75) is 32.6 Å². The molecule has 0 aliphatic heterocycles. The summed E-state index contributed by atoms with van der Waals surface area (Å²) in [5.41, 5.74) is 10.2. The lowest BCUT2D eigenvalue weighted by Crippen LogP contribution is -2.38. The number of benzene rings is 1. The Labute approximate surface area is 226 Å². The number of carbonyl (C=O) groups excluding carboxylic acids is 1. The fraction of sp³-hybridized carbons (Fsp3) is 0.161. The lowest BCUT2D eigenvalue weighted by molar-refractivity contribution is 0.112. The predicted molar refractivity (Wildman–Crippen MR) is 154 cm³/mol. The summed E-state index contributed by atoms with van der Waals surface area (Å²) >= 11 is 0. The van der Waals surface area contributed by atoms with Crippen molar-refractivity contribution in [3.63, 3.8) is 0 Å². The summed E-state index contributed by atoms with van der Waals surface area (Å²) in [5.74, 6) is -2.32. The van der Waals surface area contributed by atoms with Crippen molar-refractivity contribution in [1.29, 1.82) is 0 Å². The van der Waals surface area contributed by atoms with Crippen LogP contribution in [0, 0.1) is 0 Å². The number of halogens is 1. The van der Waals surface area contributed by atoms with Crippen LogP contribution < -0.4 is 5.73 Å². The van der Waals surface area contributed by atoms with Crippen LogP contribution in [0.25, 0.3) is 27.7 Å². The number of aliphatic imine (C=N–C) groups is 1. The van der Waals surface area contributed by atoms with E-state index in [1.165, 1.54) is 17.0 Å². The second-order valence-electron chi connectivity index (χ2n) is 9.07. The van der Waals surface area contributed by atoms with Gasteiger partial charge in [0.25, 0.3) is 5.79 Å². The molecule has 2 atom stereocenters. The SMILES string of the molecule is C=CN=C(/C=C\C)C(F)(c1ccccn1)n1cc(-c2ccc(C=O)cc2)c2ncc(/C(=C(\C)O)C(C)N)cc21. The molecule has 4 aromatic rings. The molecule has 0 saturated carbocycles. The number of carbonyl (C=O) groups is 1. The van der Waals surface area contributed by atoms with Crippen LogP contribution in [0.4, 0.5) is 4.39 Å². The molecule has 3 aromatic heterocycles. The summed E-state index contributed by atoms with van der Waals surface area (Å²) < 4.78 is 19.3. The maximum atomic E-state index is 17.8. The maximum Gasteiger partial charge on any atom is 0.272 e. The van der Waals surface area contributed by atoms with Crippen LogP contribution in [-0.2, 0) is 5.79 Å². The Bertz CT molecular complexity index is 1600. The van der Waals surface area contributed by atoms with Gasteiger partial charge >= 0.3 is 0 Å². The van der Waals surface area contributed by atoms with Crippen molar-refractivity contribution in [3.8, 4) is 11.1 Å². The first-order valence-electron chi connectivity index (χ1n) is 12.4. The summed E-state index contributed by atoms with van der Waals surface area (Å²) in [6, 6.07) is 13.2. The number of aromatic nitrogens is 3. The fourth-order valence-electron chi connectivity index (χ4n) is 4.69. The number of aldehydes is 1. The van der Waals surface area contributed by atoms with E-state index in [9.17, 15) is 9.90 Å². The molecule has 0 radical (unpaired) electrons. The number of aliphatic hydroxyl groups excluding tert-OH is 1. The number of alkyl halides is 1. The first-order valence-corrected chi connectivity index (χ1v) is 12.4. The van der Waals surface area contributed by atoms with Gasteiger partial charge in [0.1, 0.15) is 17.7 Å². The standard InChI is InChI=1S/C31H30FN5O2/c1-5-9-27(34-6-2)31(32,28-10-7-8-15-35-28)37-18-25(23-13-11-22(19-38)12-14-23)30-26(37)16-24(17-36-30)29(20(3)33)21(4)39/h5-20,39H,2,33H2,1,3-4H3/b9-5-,29-21+,34-27?. The molecule has 0 spiro atoms. The molecular weight excluding hydrogens is 493 g/mol. The highest BCUT2D eigenvalue weighted by Gasteiger charge is 2.42. The Hall–Kier alpha value is -4.69. The zero-order chi connectivity index (χ0) is 28.2. The van der Waals surface area contributed by atoms with Crippen molar-refractivity contribution in [2.24, 2.45) is 10.7 Å². The van der Waals surface area contributed by atoms with E-state index in [2.05, 4.69) is 16.6 Å². The van der Waals surface area contributed by atoms with Crippen LogP contribution in [0.15, 0.2) is 103 Å². The zero-order valence-electron chi connectivity index (χ0n) is 22.0. The molecule has 1 aromatic carbocycles. The lowest BCUT2D eigenvalue weighted by Gasteiger charge is -2.28. The number of pyridine rings is 2. The van der Waals surface area contributed by atoms with Crippen LogP contribution in [0.2, 0.25) is 0 Å². The molecule has 0 saturated heterocycles. The number of fused-ring (bicyclic) bond motifs is 1. The molecule has 8 heteroatoms. The van der Waals surface area contributed by atoms with Gasteiger partial charge in [-0.05, 0) is 50.6 Å². The summed E-state index contributed by atoms with van der Waals surface area (Å²) in [7, 11) is 0. The molecule has 0 bridgehead atoms. The van der Waals surface area contributed by atoms with Gasteiger partial charge in [-0.15, -0.1) is 0 Å². The minimum atomic E-state index is -2.37. The van der Waals surface area contributed by atoms with Crippen molar-refractivity contribution in [1.82, 2.24) is 14.5 Å². The average Bonchev–Trinajstić information content (AvgIpc) is 3.32. The molecule has 39 heavy (non-hydrogen) atoms. The largest absolute Gasteiger partial charge is 0.512 e. The van der Waals surface area contributed by atoms with Gasteiger partial charge in [0, 0.05) is 53.1 Å². The number of hydrogen-bond acceptors (Lipinski definition) is 6. The van der Waals surface area contributed by atoms with Gasteiger partial charge in [0.05, 0.1) is 16.8 Å². The topological polar surface area (TPSA) is 106 Å². The Morgan fingerprint density at radius 3 is 2.54 bits per heavy atom. The van der Waals surface area contributed by atoms with E-state index in [0.29, 0.717) is 33.3 Å². The smallest absolute Gasteiger partial charge is 0.272 e. The quantitative estimate of drug-likeness (QED) is 0.150. The molecule has 0 amide bonds. The number of aliphatic hydroxyl groups is 1. The van der Waals surface area contributed by atoms with E-state index in [4.69, 9.17) is 10.7 Å². The highest BCUT2D eigenvalue weighted by Crippen LogP contribution is 2.39. The maximum absolute atomic E-state index is 17.8. The molecule has 198 valence electrons. The molecule has 0 aliphatic rings. The van der Waals surface area contributed by atoms with Gasteiger partial charge in [-0.1, -0.05) is 43.0 Å². The van der Waals surface area contributed by atoms with Gasteiger partial charge in [-0.2, -0.15) is 0 Å². The van der Waals surface area contributed by atoms with Crippen LogP contribution in [0.5, 0.6) is 0 Å². The third kappa shape index (κ3) is 5.06. The lowest BCUT2D eigenvalue weighted by atomic mass is 9.99. The molecule has 3 heterocycles. The summed E-state index contributed by atoms with van der Waals surface area (Å²) in [6.07, 6.45) is 10.1. The Morgan fingerprint density at radius 1 is 1.23 bits per heavy atom. The number of hydrogen-bond donors (Lipinski definition) is 2. The first-order chi connectivity index (χ1) is 18.8. The van der Waals surface area contributed by atoms with Gasteiger partial charge in [0.2, 0.25) is 0 Å². The molecule has 3 N–H and O–H groups in total. The summed E-state index contributed by atoms with van der Waals surface area (Å²) in [4.78, 5) is 24.6. The Morgan fingerprint density at radius 2 is 1.97 bits per heavy atom. The highest BCUT2D eigenvalue weighted by molar-refractivity contribution is 6.04. The predicted octanol–water partition coefficient (Wildman–Crippen LogP) is 6.38. The Kier molecular flexibility index (Phi) is 7.97. The summed E-state index contributed by atoms with van der Waals surface area (Å²) in [6.45, 7) is 8.77. The van der Waals surface area contributed by atoms with Crippen molar-refractivity contribution in [3.05, 3.63) is 115 Å². The van der Waals surface area contributed by atoms with Crippen LogP contribution in [0.3, 0.4) is 0 Å². The second-order valence-corrected chi connectivity index (χ2v) is 9.07. The third-order valence-electron chi connectivity index (χ3n) is 6.38. The minimum Gasteiger partial charge on any atom is -0.512 e. The third-order valence-corrected chi connectivity index (χ3v) is 6.38. The number of rotatable bonds is 9. The van der Waals surface area contributed by atoms with Gasteiger partial charge < -0.3 is 15.4 Å². The number of nitrogens with two attached hydrogens (primary N) is 1. The van der Waals surface area contributed by atoms with E-state index in [0.717, 1.165) is 11.8 Å². The fourth-order valence-corrected chi connectivity index (χ4v) is 4.69. The van der Waals surface area contributed by atoms with E-state index in [1.807, 2.05) is 0 Å². The highest BCUT2D eigenvalue weighted by atomic mass is 19.1. The van der Waals surface area contributed by atoms with Crippen molar-refractivity contribution >= 4 is 28.6 Å². The van der Waals surface area contributed by atoms with E-state index in [1.54, 1.807) is 93.8 Å². The van der Waals surface area contributed by atoms with Crippen LogP contribution >= 0.6 is 0 Å². The average molecular weight is 524 g/mol. The van der Waals surface area contributed by atoms with E-state index < -0.39 is 11.8 Å². The van der Waals surface area contributed by atoms with Crippen molar-refractivity contribution < 1.29 is 14.3 Å². The van der Waals surface area contributed by atoms with Gasteiger partial charge in [0.15, 0.2) is 0 Å². The molecule has 0 fully saturated rings. The van der Waals surface area contributed by atoms with Crippen LogP contribution in [-0.4, -0.2) is 37.7 Å². The van der Waals surface area contributed by atoms with Gasteiger partial charge in [-0.25, -0.2) is 4.39 Å². The molecular formula is C31H30FN5O2. The van der Waals surface area contributed by atoms with Crippen LogP contribution in [0.1, 0.15) is 42.4 Å². The Balaban J connectivity index is 2.15.